The molecule has 2 rings (SSSR count). The number of ether oxygens (including phenoxy) is 2. The molecule has 0 bridgehead atoms. The zero-order chi connectivity index (χ0) is 19.3. The fourth-order valence-electron chi connectivity index (χ4n) is 2.24. The highest BCUT2D eigenvalue weighted by Crippen LogP contribution is 2.22. The van der Waals surface area contributed by atoms with Crippen LogP contribution in [-0.4, -0.2) is 52.1 Å². The van der Waals surface area contributed by atoms with Crippen molar-refractivity contribution in [3.8, 4) is 11.4 Å². The van der Waals surface area contributed by atoms with E-state index >= 15 is 0 Å². The van der Waals surface area contributed by atoms with Crippen molar-refractivity contribution in [2.45, 2.75) is 32.2 Å². The van der Waals surface area contributed by atoms with Gasteiger partial charge in [-0.2, -0.15) is 23.0 Å². The number of hydrogen-bond donors (Lipinski definition) is 1. The molecule has 144 valence electrons. The number of halogens is 3. The molecule has 26 heavy (non-hydrogen) atoms. The highest BCUT2D eigenvalue weighted by molar-refractivity contribution is 5.36. The molecule has 1 aromatic heterocycles. The zero-order valence-electron chi connectivity index (χ0n) is 14.4. The summed E-state index contributed by atoms with van der Waals surface area (Å²) < 4.78 is 49.5. The first-order valence-corrected chi connectivity index (χ1v) is 7.87. The molecular weight excluding hydrogens is 355 g/mol. The number of rotatable bonds is 8. The second-order valence-electron chi connectivity index (χ2n) is 5.57. The van der Waals surface area contributed by atoms with Crippen molar-refractivity contribution in [1.82, 2.24) is 14.3 Å². The number of aryl methyl sites for hydroxylation is 1. The minimum atomic E-state index is -4.66. The molecule has 10 heteroatoms. The van der Waals surface area contributed by atoms with E-state index in [0.29, 0.717) is 30.4 Å². The minimum absolute atomic E-state index is 0.287. The fraction of sp³-hybridized carbons (Fsp3) is 0.500. The SMILES string of the molecule is COCCn1c(C)nn(-c2ccc(OCCC(O)C(F)(F)F)cc2)c1=O. The van der Waals surface area contributed by atoms with E-state index in [9.17, 15) is 18.0 Å². The van der Waals surface area contributed by atoms with Gasteiger partial charge < -0.3 is 14.6 Å². The second-order valence-corrected chi connectivity index (χ2v) is 5.57. The van der Waals surface area contributed by atoms with Crippen molar-refractivity contribution in [3.63, 3.8) is 0 Å². The summed E-state index contributed by atoms with van der Waals surface area (Å²) in [4.78, 5) is 12.4. The van der Waals surface area contributed by atoms with Crippen LogP contribution >= 0.6 is 0 Å². The van der Waals surface area contributed by atoms with Gasteiger partial charge in [-0.05, 0) is 31.2 Å². The lowest BCUT2D eigenvalue weighted by atomic mass is 10.2. The van der Waals surface area contributed by atoms with E-state index in [0.717, 1.165) is 0 Å². The Hall–Kier alpha value is -2.33. The van der Waals surface area contributed by atoms with Crippen molar-refractivity contribution in [2.75, 3.05) is 20.3 Å². The van der Waals surface area contributed by atoms with E-state index in [1.54, 1.807) is 19.1 Å². The normalized spacial score (nSPS) is 13.0. The van der Waals surface area contributed by atoms with Crippen molar-refractivity contribution in [2.24, 2.45) is 0 Å². The quantitative estimate of drug-likeness (QED) is 0.760. The Kier molecular flexibility index (Phi) is 6.43. The number of aliphatic hydroxyl groups excluding tert-OH is 1. The Morgan fingerprint density at radius 2 is 1.88 bits per heavy atom. The summed E-state index contributed by atoms with van der Waals surface area (Å²) in [6.07, 6.45) is -7.64. The number of methoxy groups -OCH3 is 1. The number of aliphatic hydroxyl groups is 1. The molecule has 7 nitrogen and oxygen atoms in total. The molecule has 0 aliphatic heterocycles. The molecule has 0 radical (unpaired) electrons. The van der Waals surface area contributed by atoms with Crippen molar-refractivity contribution >= 4 is 0 Å². The average Bonchev–Trinajstić information content (AvgIpc) is 2.87. The first-order chi connectivity index (χ1) is 12.2. The van der Waals surface area contributed by atoms with Crippen molar-refractivity contribution < 1.29 is 27.8 Å². The average molecular weight is 375 g/mol. The van der Waals surface area contributed by atoms with Crippen LogP contribution in [0.25, 0.3) is 5.69 Å². The third-order valence-electron chi connectivity index (χ3n) is 3.69. The van der Waals surface area contributed by atoms with Crippen LogP contribution in [0.3, 0.4) is 0 Å². The summed E-state index contributed by atoms with van der Waals surface area (Å²) in [6.45, 7) is 2.18. The fourth-order valence-corrected chi connectivity index (χ4v) is 2.24. The largest absolute Gasteiger partial charge is 0.493 e. The van der Waals surface area contributed by atoms with Gasteiger partial charge in [0.15, 0.2) is 6.10 Å². The Morgan fingerprint density at radius 3 is 2.46 bits per heavy atom. The van der Waals surface area contributed by atoms with Gasteiger partial charge in [0.05, 0.1) is 25.4 Å². The lowest BCUT2D eigenvalue weighted by Crippen LogP contribution is -2.30. The first-order valence-electron chi connectivity index (χ1n) is 7.87. The van der Waals surface area contributed by atoms with Crippen molar-refractivity contribution in [1.29, 1.82) is 0 Å². The maximum atomic E-state index is 12.4. The lowest BCUT2D eigenvalue weighted by Gasteiger charge is -2.14. The summed E-state index contributed by atoms with van der Waals surface area (Å²) in [6, 6.07) is 6.19. The molecule has 1 heterocycles. The van der Waals surface area contributed by atoms with Crippen LogP contribution in [0.5, 0.6) is 5.75 Å². The highest BCUT2D eigenvalue weighted by atomic mass is 19.4. The van der Waals surface area contributed by atoms with E-state index in [2.05, 4.69) is 5.10 Å². The van der Waals surface area contributed by atoms with E-state index in [4.69, 9.17) is 14.6 Å². The summed E-state index contributed by atoms with van der Waals surface area (Å²) in [5, 5.41) is 13.1. The Bertz CT molecular complexity index is 769. The molecule has 1 unspecified atom stereocenters. The summed E-state index contributed by atoms with van der Waals surface area (Å²) in [5.41, 5.74) is 0.179. The van der Waals surface area contributed by atoms with Gasteiger partial charge in [0.25, 0.3) is 0 Å². The zero-order valence-corrected chi connectivity index (χ0v) is 14.4. The van der Waals surface area contributed by atoms with Gasteiger partial charge in [0.1, 0.15) is 11.6 Å². The highest BCUT2D eigenvalue weighted by Gasteiger charge is 2.37. The Labute approximate surface area is 147 Å². The van der Waals surface area contributed by atoms with Crippen LogP contribution in [0.4, 0.5) is 13.2 Å². The van der Waals surface area contributed by atoms with Crippen LogP contribution < -0.4 is 10.4 Å². The molecular formula is C16H20F3N3O4. The standard InChI is InChI=1S/C16H20F3N3O4/c1-11-20-22(15(24)21(11)8-10-25-2)12-3-5-13(6-4-12)26-9-7-14(23)16(17,18)19/h3-6,14,23H,7-10H2,1-2H3. The van der Waals surface area contributed by atoms with Crippen LogP contribution in [0.15, 0.2) is 29.1 Å². The van der Waals surface area contributed by atoms with E-state index in [-0.39, 0.29) is 12.3 Å². The number of benzene rings is 1. The van der Waals surface area contributed by atoms with Gasteiger partial charge in [0, 0.05) is 13.5 Å². The van der Waals surface area contributed by atoms with Crippen molar-refractivity contribution in [3.05, 3.63) is 40.6 Å². The predicted octanol–water partition coefficient (Wildman–Crippen LogP) is 1.68. The molecule has 0 amide bonds. The topological polar surface area (TPSA) is 78.5 Å². The Balaban J connectivity index is 2.03. The number of aromatic nitrogens is 3. The molecule has 1 N–H and O–H groups in total. The molecule has 0 saturated heterocycles. The monoisotopic (exact) mass is 375 g/mol. The van der Waals surface area contributed by atoms with Gasteiger partial charge in [-0.1, -0.05) is 0 Å². The summed E-state index contributed by atoms with van der Waals surface area (Å²) >= 11 is 0. The maximum Gasteiger partial charge on any atom is 0.414 e. The van der Waals surface area contributed by atoms with Crippen LogP contribution in [0.2, 0.25) is 0 Å². The first kappa shape index (κ1) is 20.0. The molecule has 2 aromatic rings. The molecule has 1 aromatic carbocycles. The van der Waals surface area contributed by atoms with Crippen LogP contribution in [0.1, 0.15) is 12.2 Å². The van der Waals surface area contributed by atoms with Gasteiger partial charge in [-0.15, -0.1) is 0 Å². The maximum absolute atomic E-state index is 12.4. The molecule has 0 aliphatic carbocycles. The molecule has 0 fully saturated rings. The summed E-state index contributed by atoms with van der Waals surface area (Å²) in [5.74, 6) is 0.861. The van der Waals surface area contributed by atoms with Gasteiger partial charge in [-0.25, -0.2) is 4.79 Å². The smallest absolute Gasteiger partial charge is 0.414 e. The van der Waals surface area contributed by atoms with Crippen LogP contribution in [-0.2, 0) is 11.3 Å². The van der Waals surface area contributed by atoms with E-state index in [1.165, 1.54) is 28.5 Å². The third-order valence-corrected chi connectivity index (χ3v) is 3.69. The minimum Gasteiger partial charge on any atom is -0.493 e. The van der Waals surface area contributed by atoms with E-state index in [1.807, 2.05) is 0 Å². The predicted molar refractivity (Wildman–Crippen MR) is 86.6 cm³/mol. The Morgan fingerprint density at radius 1 is 1.23 bits per heavy atom. The van der Waals surface area contributed by atoms with Gasteiger partial charge >= 0.3 is 11.9 Å². The molecule has 0 saturated carbocycles. The number of hydrogen-bond acceptors (Lipinski definition) is 5. The molecule has 0 aliphatic rings. The third kappa shape index (κ3) is 4.85. The lowest BCUT2D eigenvalue weighted by molar-refractivity contribution is -0.206. The van der Waals surface area contributed by atoms with Crippen LogP contribution in [0, 0.1) is 6.92 Å². The van der Waals surface area contributed by atoms with Gasteiger partial charge in [-0.3, -0.25) is 4.57 Å². The second kappa shape index (κ2) is 8.37. The number of nitrogens with zero attached hydrogens (tertiary/aromatic N) is 3. The molecule has 1 atom stereocenters. The van der Waals surface area contributed by atoms with Gasteiger partial charge in [0.2, 0.25) is 0 Å². The number of alkyl halides is 3. The summed E-state index contributed by atoms with van der Waals surface area (Å²) in [7, 11) is 1.54. The molecule has 0 spiro atoms. The van der Waals surface area contributed by atoms with E-state index < -0.39 is 18.7 Å².